The van der Waals surface area contributed by atoms with Crippen molar-refractivity contribution >= 4 is 5.69 Å². The van der Waals surface area contributed by atoms with Crippen molar-refractivity contribution in [3.8, 4) is 0 Å². The van der Waals surface area contributed by atoms with Crippen molar-refractivity contribution in [2.75, 3.05) is 19.0 Å². The summed E-state index contributed by atoms with van der Waals surface area (Å²) in [4.78, 5) is 11.5. The average molecular weight is 211 g/mol. The Bertz CT molecular complexity index is 360. The summed E-state index contributed by atoms with van der Waals surface area (Å²) in [5.41, 5.74) is 0.607. The first kappa shape index (κ1) is 11.7. The monoisotopic (exact) mass is 211 g/mol. The maximum absolute atomic E-state index is 11.5. The van der Waals surface area contributed by atoms with Crippen LogP contribution in [0.2, 0.25) is 0 Å². The smallest absolute Gasteiger partial charge is 0.268 e. The molecular formula is C10H17N3O2. The van der Waals surface area contributed by atoms with Crippen LogP contribution in [0.4, 0.5) is 5.69 Å². The van der Waals surface area contributed by atoms with Crippen LogP contribution in [0, 0.1) is 0 Å². The number of rotatable bonds is 5. The summed E-state index contributed by atoms with van der Waals surface area (Å²) in [5, 5.41) is 6.87. The van der Waals surface area contributed by atoms with Crippen molar-refractivity contribution in [3.05, 3.63) is 22.6 Å². The van der Waals surface area contributed by atoms with Crippen LogP contribution < -0.4 is 10.9 Å². The van der Waals surface area contributed by atoms with Crippen molar-refractivity contribution in [2.24, 2.45) is 0 Å². The first-order valence-electron chi connectivity index (χ1n) is 5.00. The fourth-order valence-corrected chi connectivity index (χ4v) is 1.11. The highest BCUT2D eigenvalue weighted by Gasteiger charge is 1.99. The van der Waals surface area contributed by atoms with Gasteiger partial charge >= 0.3 is 0 Å². The molecule has 5 heteroatoms. The molecule has 1 heterocycles. The van der Waals surface area contributed by atoms with E-state index in [0.29, 0.717) is 13.2 Å². The standard InChI is InChI=1S/C10H17N3O2/c1-8(2)15-5-4-13-10(14)6-9(11-3)7-12-13/h6-8,11H,4-5H2,1-3H3. The first-order valence-corrected chi connectivity index (χ1v) is 5.00. The summed E-state index contributed by atoms with van der Waals surface area (Å²) in [6.07, 6.45) is 1.80. The third-order valence-corrected chi connectivity index (χ3v) is 1.91. The minimum absolute atomic E-state index is 0.116. The number of hydrogen-bond donors (Lipinski definition) is 1. The van der Waals surface area contributed by atoms with E-state index in [1.54, 1.807) is 13.2 Å². The van der Waals surface area contributed by atoms with Gasteiger partial charge in [-0.1, -0.05) is 0 Å². The molecule has 0 aliphatic heterocycles. The van der Waals surface area contributed by atoms with Crippen LogP contribution in [0.25, 0.3) is 0 Å². The highest BCUT2D eigenvalue weighted by atomic mass is 16.5. The van der Waals surface area contributed by atoms with Crippen molar-refractivity contribution in [2.45, 2.75) is 26.5 Å². The molecule has 84 valence electrons. The summed E-state index contributed by atoms with van der Waals surface area (Å²) >= 11 is 0. The van der Waals surface area contributed by atoms with Gasteiger partial charge in [0.05, 0.1) is 31.1 Å². The Balaban J connectivity index is 2.58. The van der Waals surface area contributed by atoms with Gasteiger partial charge in [0.2, 0.25) is 0 Å². The molecule has 0 spiro atoms. The number of hydrogen-bond acceptors (Lipinski definition) is 4. The SMILES string of the molecule is CNc1cnn(CCOC(C)C)c(=O)c1. The molecule has 0 aliphatic carbocycles. The maximum atomic E-state index is 11.5. The summed E-state index contributed by atoms with van der Waals surface area (Å²) in [6.45, 7) is 4.91. The van der Waals surface area contributed by atoms with Crippen LogP contribution in [0.1, 0.15) is 13.8 Å². The highest BCUT2D eigenvalue weighted by molar-refractivity contribution is 5.37. The Morgan fingerprint density at radius 1 is 1.60 bits per heavy atom. The second-order valence-electron chi connectivity index (χ2n) is 3.48. The Labute approximate surface area is 89.1 Å². The van der Waals surface area contributed by atoms with E-state index in [0.717, 1.165) is 5.69 Å². The lowest BCUT2D eigenvalue weighted by Crippen LogP contribution is -2.25. The lowest BCUT2D eigenvalue weighted by Gasteiger charge is -2.08. The zero-order chi connectivity index (χ0) is 11.3. The summed E-state index contributed by atoms with van der Waals surface area (Å²) in [6, 6.07) is 1.52. The van der Waals surface area contributed by atoms with E-state index in [9.17, 15) is 4.79 Å². The zero-order valence-corrected chi connectivity index (χ0v) is 9.36. The van der Waals surface area contributed by atoms with Crippen molar-refractivity contribution in [1.29, 1.82) is 0 Å². The van der Waals surface area contributed by atoms with Gasteiger partial charge in [0.1, 0.15) is 0 Å². The van der Waals surface area contributed by atoms with Crippen LogP contribution >= 0.6 is 0 Å². The molecule has 15 heavy (non-hydrogen) atoms. The molecule has 0 saturated carbocycles. The van der Waals surface area contributed by atoms with Gasteiger partial charge in [-0.05, 0) is 13.8 Å². The molecule has 0 saturated heterocycles. The predicted molar refractivity (Wildman–Crippen MR) is 59.1 cm³/mol. The molecule has 1 rings (SSSR count). The van der Waals surface area contributed by atoms with E-state index in [-0.39, 0.29) is 11.7 Å². The number of nitrogens with one attached hydrogen (secondary N) is 1. The van der Waals surface area contributed by atoms with E-state index in [4.69, 9.17) is 4.74 Å². The molecule has 0 fully saturated rings. The van der Waals surface area contributed by atoms with Crippen LogP contribution in [-0.2, 0) is 11.3 Å². The molecule has 0 atom stereocenters. The number of nitrogens with zero attached hydrogens (tertiary/aromatic N) is 2. The van der Waals surface area contributed by atoms with Gasteiger partial charge in [-0.2, -0.15) is 5.10 Å². The number of ether oxygens (including phenoxy) is 1. The van der Waals surface area contributed by atoms with Gasteiger partial charge < -0.3 is 10.1 Å². The topological polar surface area (TPSA) is 56.1 Å². The fraction of sp³-hybridized carbons (Fsp3) is 0.600. The minimum atomic E-state index is -0.116. The third kappa shape index (κ3) is 3.71. The quantitative estimate of drug-likeness (QED) is 0.779. The van der Waals surface area contributed by atoms with Gasteiger partial charge in [-0.15, -0.1) is 0 Å². The first-order chi connectivity index (χ1) is 7.13. The minimum Gasteiger partial charge on any atom is -0.387 e. The molecular weight excluding hydrogens is 194 g/mol. The molecule has 0 unspecified atom stereocenters. The van der Waals surface area contributed by atoms with Crippen molar-refractivity contribution in [3.63, 3.8) is 0 Å². The van der Waals surface area contributed by atoms with E-state index < -0.39 is 0 Å². The third-order valence-electron chi connectivity index (χ3n) is 1.91. The van der Waals surface area contributed by atoms with Crippen LogP contribution in [-0.4, -0.2) is 29.5 Å². The van der Waals surface area contributed by atoms with Crippen LogP contribution in [0.15, 0.2) is 17.1 Å². The largest absolute Gasteiger partial charge is 0.387 e. The fourth-order valence-electron chi connectivity index (χ4n) is 1.11. The highest BCUT2D eigenvalue weighted by Crippen LogP contribution is 1.96. The summed E-state index contributed by atoms with van der Waals surface area (Å²) in [7, 11) is 1.75. The van der Waals surface area contributed by atoms with Gasteiger partial charge in [0.25, 0.3) is 5.56 Å². The van der Waals surface area contributed by atoms with Crippen molar-refractivity contribution < 1.29 is 4.74 Å². The molecule has 0 aromatic carbocycles. The molecule has 1 N–H and O–H groups in total. The Morgan fingerprint density at radius 2 is 2.33 bits per heavy atom. The van der Waals surface area contributed by atoms with Gasteiger partial charge in [0, 0.05) is 13.1 Å². The molecule has 1 aromatic rings. The van der Waals surface area contributed by atoms with Crippen LogP contribution in [0.3, 0.4) is 0 Å². The van der Waals surface area contributed by atoms with Gasteiger partial charge in [-0.3, -0.25) is 4.79 Å². The Morgan fingerprint density at radius 3 is 2.87 bits per heavy atom. The molecule has 0 amide bonds. The van der Waals surface area contributed by atoms with E-state index in [1.807, 2.05) is 13.8 Å². The number of anilines is 1. The molecule has 1 aromatic heterocycles. The molecule has 0 aliphatic rings. The maximum Gasteiger partial charge on any atom is 0.268 e. The summed E-state index contributed by atoms with van der Waals surface area (Å²) in [5.74, 6) is 0. The molecule has 0 radical (unpaired) electrons. The zero-order valence-electron chi connectivity index (χ0n) is 9.36. The van der Waals surface area contributed by atoms with E-state index >= 15 is 0 Å². The molecule has 5 nitrogen and oxygen atoms in total. The second-order valence-corrected chi connectivity index (χ2v) is 3.48. The van der Waals surface area contributed by atoms with E-state index in [2.05, 4.69) is 10.4 Å². The van der Waals surface area contributed by atoms with Crippen LogP contribution in [0.5, 0.6) is 0 Å². The lowest BCUT2D eigenvalue weighted by molar-refractivity contribution is 0.0702. The summed E-state index contributed by atoms with van der Waals surface area (Å²) < 4.78 is 6.73. The van der Waals surface area contributed by atoms with Gasteiger partial charge in [0.15, 0.2) is 0 Å². The average Bonchev–Trinajstić information content (AvgIpc) is 2.20. The predicted octanol–water partition coefficient (Wildman–Crippen LogP) is 0.710. The number of aromatic nitrogens is 2. The molecule has 0 bridgehead atoms. The second kappa shape index (κ2) is 5.50. The van der Waals surface area contributed by atoms with E-state index in [1.165, 1.54) is 10.7 Å². The van der Waals surface area contributed by atoms with Gasteiger partial charge in [-0.25, -0.2) is 4.68 Å². The Kier molecular flexibility index (Phi) is 4.30. The van der Waals surface area contributed by atoms with Crippen molar-refractivity contribution in [1.82, 2.24) is 9.78 Å². The lowest BCUT2D eigenvalue weighted by atomic mass is 10.4. The normalized spacial score (nSPS) is 10.7. The Hall–Kier alpha value is -1.36.